The number of benzene rings is 1. The van der Waals surface area contributed by atoms with Crippen molar-refractivity contribution in [2.45, 2.75) is 6.18 Å². The number of carbonyl (C=O) groups excluding carboxylic acids is 1. The average Bonchev–Trinajstić information content (AvgIpc) is 2.26. The highest BCUT2D eigenvalue weighted by Gasteiger charge is 2.33. The van der Waals surface area contributed by atoms with Crippen LogP contribution in [-0.2, 0) is 10.9 Å². The summed E-state index contributed by atoms with van der Waals surface area (Å²) in [5.74, 6) is -0.988. The molecule has 0 aliphatic rings. The largest absolute Gasteiger partial charge is 0.488 e. The number of halogens is 3. The Morgan fingerprint density at radius 2 is 1.88 bits per heavy atom. The van der Waals surface area contributed by atoms with Gasteiger partial charge in [-0.15, -0.1) is 0 Å². The summed E-state index contributed by atoms with van der Waals surface area (Å²) >= 11 is 0. The third kappa shape index (κ3) is 3.21. The van der Waals surface area contributed by atoms with E-state index in [1.165, 1.54) is 0 Å². The monoisotopic (exact) mass is 248 g/mol. The zero-order valence-electron chi connectivity index (χ0n) is 8.65. The Bertz CT molecular complexity index is 431. The molecule has 92 valence electrons. The van der Waals surface area contributed by atoms with Crippen LogP contribution in [0.15, 0.2) is 18.2 Å². The van der Waals surface area contributed by atoms with Crippen LogP contribution in [0.5, 0.6) is 0 Å². The fourth-order valence-electron chi connectivity index (χ4n) is 1.20. The SMILES string of the molecule is COC(=O)c1cc(B(O)O)cc(C(F)(F)F)c1. The van der Waals surface area contributed by atoms with Crippen molar-refractivity contribution in [3.05, 3.63) is 29.3 Å². The van der Waals surface area contributed by atoms with Gasteiger partial charge in [0.05, 0.1) is 18.2 Å². The van der Waals surface area contributed by atoms with Crippen LogP contribution in [0.4, 0.5) is 13.2 Å². The summed E-state index contributed by atoms with van der Waals surface area (Å²) in [6.07, 6.45) is -4.69. The lowest BCUT2D eigenvalue weighted by Gasteiger charge is -2.10. The van der Waals surface area contributed by atoms with Crippen LogP contribution in [-0.4, -0.2) is 30.2 Å². The Morgan fingerprint density at radius 1 is 1.29 bits per heavy atom. The van der Waals surface area contributed by atoms with Gasteiger partial charge in [-0.2, -0.15) is 13.2 Å². The van der Waals surface area contributed by atoms with Crippen molar-refractivity contribution in [3.63, 3.8) is 0 Å². The van der Waals surface area contributed by atoms with Crippen molar-refractivity contribution in [2.24, 2.45) is 0 Å². The number of carbonyl (C=O) groups is 1. The van der Waals surface area contributed by atoms with Gasteiger partial charge in [0.1, 0.15) is 0 Å². The fraction of sp³-hybridized carbons (Fsp3) is 0.222. The smallest absolute Gasteiger partial charge is 0.465 e. The van der Waals surface area contributed by atoms with Crippen molar-refractivity contribution >= 4 is 18.6 Å². The van der Waals surface area contributed by atoms with E-state index in [0.717, 1.165) is 13.2 Å². The first-order valence-electron chi connectivity index (χ1n) is 4.42. The highest BCUT2D eigenvalue weighted by molar-refractivity contribution is 6.58. The third-order valence-corrected chi connectivity index (χ3v) is 2.00. The second-order valence-electron chi connectivity index (χ2n) is 3.21. The van der Waals surface area contributed by atoms with Crippen molar-refractivity contribution in [3.8, 4) is 0 Å². The van der Waals surface area contributed by atoms with Gasteiger partial charge in [0.15, 0.2) is 0 Å². The molecule has 0 radical (unpaired) electrons. The summed E-state index contributed by atoms with van der Waals surface area (Å²) in [7, 11) is -1.09. The highest BCUT2D eigenvalue weighted by Crippen LogP contribution is 2.29. The number of methoxy groups -OCH3 is 1. The Hall–Kier alpha value is -1.54. The van der Waals surface area contributed by atoms with Crippen LogP contribution < -0.4 is 5.46 Å². The molecule has 0 bridgehead atoms. The maximum Gasteiger partial charge on any atom is 0.488 e. The van der Waals surface area contributed by atoms with E-state index in [-0.39, 0.29) is 0 Å². The molecule has 0 saturated carbocycles. The van der Waals surface area contributed by atoms with E-state index < -0.39 is 35.9 Å². The minimum Gasteiger partial charge on any atom is -0.465 e. The molecule has 0 unspecified atom stereocenters. The van der Waals surface area contributed by atoms with Crippen molar-refractivity contribution < 1.29 is 32.8 Å². The summed E-state index contributed by atoms with van der Waals surface area (Å²) in [6, 6.07) is 2.06. The predicted molar refractivity (Wildman–Crippen MR) is 52.6 cm³/mol. The standard InChI is InChI=1S/C9H8BF3O4/c1-17-8(14)5-2-6(9(11,12)13)4-7(3-5)10(15)16/h2-4,15-16H,1H3. The topological polar surface area (TPSA) is 66.8 Å². The van der Waals surface area contributed by atoms with Crippen LogP contribution in [0.3, 0.4) is 0 Å². The van der Waals surface area contributed by atoms with Crippen LogP contribution in [0.2, 0.25) is 0 Å². The van der Waals surface area contributed by atoms with Gasteiger partial charge in [0, 0.05) is 0 Å². The summed E-state index contributed by atoms with van der Waals surface area (Å²) in [5.41, 5.74) is -1.98. The molecule has 0 fully saturated rings. The molecule has 1 aromatic carbocycles. The second-order valence-corrected chi connectivity index (χ2v) is 3.21. The zero-order valence-corrected chi connectivity index (χ0v) is 8.65. The summed E-state index contributed by atoms with van der Waals surface area (Å²) < 4.78 is 41.7. The summed E-state index contributed by atoms with van der Waals surface area (Å²) in [4.78, 5) is 11.1. The molecule has 2 N–H and O–H groups in total. The summed E-state index contributed by atoms with van der Waals surface area (Å²) in [6.45, 7) is 0. The lowest BCUT2D eigenvalue weighted by Crippen LogP contribution is -2.32. The molecule has 0 amide bonds. The molecule has 0 heterocycles. The van der Waals surface area contributed by atoms with Crippen LogP contribution in [0.25, 0.3) is 0 Å². The van der Waals surface area contributed by atoms with E-state index in [9.17, 15) is 18.0 Å². The van der Waals surface area contributed by atoms with Gasteiger partial charge < -0.3 is 14.8 Å². The van der Waals surface area contributed by atoms with Gasteiger partial charge in [-0.1, -0.05) is 6.07 Å². The molecular formula is C9H8BF3O4. The molecule has 0 saturated heterocycles. The van der Waals surface area contributed by atoms with Crippen LogP contribution in [0.1, 0.15) is 15.9 Å². The van der Waals surface area contributed by atoms with Crippen molar-refractivity contribution in [1.29, 1.82) is 0 Å². The lowest BCUT2D eigenvalue weighted by molar-refractivity contribution is -0.137. The van der Waals surface area contributed by atoms with E-state index in [0.29, 0.717) is 12.1 Å². The molecule has 1 aromatic rings. The molecule has 8 heteroatoms. The third-order valence-electron chi connectivity index (χ3n) is 2.00. The van der Waals surface area contributed by atoms with Crippen LogP contribution in [0, 0.1) is 0 Å². The molecular weight excluding hydrogens is 240 g/mol. The number of hydrogen-bond acceptors (Lipinski definition) is 4. The van der Waals surface area contributed by atoms with E-state index in [1.54, 1.807) is 0 Å². The lowest BCUT2D eigenvalue weighted by atomic mass is 9.78. The van der Waals surface area contributed by atoms with Gasteiger partial charge >= 0.3 is 19.3 Å². The van der Waals surface area contributed by atoms with Gasteiger partial charge in [-0.05, 0) is 17.6 Å². The van der Waals surface area contributed by atoms with Gasteiger partial charge in [-0.3, -0.25) is 0 Å². The Labute approximate surface area is 94.8 Å². The van der Waals surface area contributed by atoms with Gasteiger partial charge in [0.2, 0.25) is 0 Å². The molecule has 0 aliphatic heterocycles. The maximum absolute atomic E-state index is 12.5. The zero-order chi connectivity index (χ0) is 13.2. The van der Waals surface area contributed by atoms with Gasteiger partial charge in [-0.25, -0.2) is 4.79 Å². The van der Waals surface area contributed by atoms with Crippen LogP contribution >= 0.6 is 0 Å². The number of hydrogen-bond donors (Lipinski definition) is 2. The molecule has 4 nitrogen and oxygen atoms in total. The van der Waals surface area contributed by atoms with Crippen molar-refractivity contribution in [1.82, 2.24) is 0 Å². The minimum absolute atomic E-state index is 0.398. The van der Waals surface area contributed by atoms with E-state index >= 15 is 0 Å². The summed E-state index contributed by atoms with van der Waals surface area (Å²) in [5, 5.41) is 17.7. The Balaban J connectivity index is 3.34. The first kappa shape index (κ1) is 13.5. The molecule has 0 aromatic heterocycles. The molecule has 1 rings (SSSR count). The van der Waals surface area contributed by atoms with Gasteiger partial charge in [0.25, 0.3) is 0 Å². The minimum atomic E-state index is -4.69. The molecule has 0 atom stereocenters. The van der Waals surface area contributed by atoms with E-state index in [1.807, 2.05) is 0 Å². The molecule has 17 heavy (non-hydrogen) atoms. The predicted octanol–water partition coefficient (Wildman–Crippen LogP) is 0.172. The van der Waals surface area contributed by atoms with E-state index in [4.69, 9.17) is 10.0 Å². The Kier molecular flexibility index (Phi) is 3.79. The fourth-order valence-corrected chi connectivity index (χ4v) is 1.20. The first-order chi connectivity index (χ1) is 7.75. The number of ether oxygens (including phenoxy) is 1. The first-order valence-corrected chi connectivity index (χ1v) is 4.42. The molecule has 0 spiro atoms. The number of esters is 1. The van der Waals surface area contributed by atoms with Crippen molar-refractivity contribution in [2.75, 3.05) is 7.11 Å². The average molecular weight is 248 g/mol. The second kappa shape index (κ2) is 4.76. The highest BCUT2D eigenvalue weighted by atomic mass is 19.4. The molecule has 0 aliphatic carbocycles. The Morgan fingerprint density at radius 3 is 2.29 bits per heavy atom. The number of alkyl halides is 3. The quantitative estimate of drug-likeness (QED) is 0.578. The maximum atomic E-state index is 12.5. The normalized spacial score (nSPS) is 11.2. The number of rotatable bonds is 2. The van der Waals surface area contributed by atoms with E-state index in [2.05, 4.69) is 4.74 Å².